The van der Waals surface area contributed by atoms with Crippen LogP contribution in [0.1, 0.15) is 24.8 Å². The van der Waals surface area contributed by atoms with E-state index in [1.54, 1.807) is 0 Å². The smallest absolute Gasteiger partial charge is 0.263 e. The van der Waals surface area contributed by atoms with Crippen LogP contribution in [0.15, 0.2) is 66.4 Å². The SMILES string of the molecule is N#C/C(=C/Nc1ccc(N2CCCCC2)cc1)C(=O)NCCc1ccccc1. The summed E-state index contributed by atoms with van der Waals surface area (Å²) in [5.41, 5.74) is 3.28. The van der Waals surface area contributed by atoms with Crippen molar-refractivity contribution < 1.29 is 4.79 Å². The first-order valence-electron chi connectivity index (χ1n) is 9.80. The van der Waals surface area contributed by atoms with Crippen LogP contribution in [-0.4, -0.2) is 25.5 Å². The normalized spacial score (nSPS) is 14.2. The fourth-order valence-electron chi connectivity index (χ4n) is 3.28. The number of nitrogens with zero attached hydrogens (tertiary/aromatic N) is 2. The highest BCUT2D eigenvalue weighted by Crippen LogP contribution is 2.21. The van der Waals surface area contributed by atoms with E-state index in [1.807, 2.05) is 48.5 Å². The maximum absolute atomic E-state index is 12.2. The average Bonchev–Trinajstić information content (AvgIpc) is 2.76. The van der Waals surface area contributed by atoms with E-state index in [2.05, 4.69) is 27.7 Å². The Morgan fingerprint density at radius 1 is 1.04 bits per heavy atom. The minimum Gasteiger partial charge on any atom is -0.372 e. The molecule has 0 bridgehead atoms. The van der Waals surface area contributed by atoms with Gasteiger partial charge in [-0.2, -0.15) is 5.26 Å². The third kappa shape index (κ3) is 5.62. The number of nitriles is 1. The molecule has 1 saturated heterocycles. The number of carbonyl (C=O) groups is 1. The van der Waals surface area contributed by atoms with Crippen molar-refractivity contribution in [3.8, 4) is 6.07 Å². The van der Waals surface area contributed by atoms with Gasteiger partial charge in [0, 0.05) is 37.2 Å². The molecular weight excluding hydrogens is 348 g/mol. The Bertz CT molecular complexity index is 831. The minimum atomic E-state index is -0.365. The maximum atomic E-state index is 12.2. The summed E-state index contributed by atoms with van der Waals surface area (Å²) in [6.07, 6.45) is 6.00. The maximum Gasteiger partial charge on any atom is 0.263 e. The summed E-state index contributed by atoms with van der Waals surface area (Å²) in [6, 6.07) is 20.0. The average molecular weight is 374 g/mol. The van der Waals surface area contributed by atoms with E-state index in [9.17, 15) is 10.1 Å². The van der Waals surface area contributed by atoms with Gasteiger partial charge in [-0.25, -0.2) is 0 Å². The molecule has 0 unspecified atom stereocenters. The van der Waals surface area contributed by atoms with Crippen LogP contribution in [0.2, 0.25) is 0 Å². The molecule has 0 atom stereocenters. The number of amides is 1. The summed E-state index contributed by atoms with van der Waals surface area (Å²) >= 11 is 0. The third-order valence-electron chi connectivity index (χ3n) is 4.88. The largest absolute Gasteiger partial charge is 0.372 e. The molecule has 1 aliphatic heterocycles. The van der Waals surface area contributed by atoms with Crippen LogP contribution < -0.4 is 15.5 Å². The van der Waals surface area contributed by atoms with Gasteiger partial charge in [-0.3, -0.25) is 4.79 Å². The molecule has 1 amide bonds. The second kappa shape index (κ2) is 10.2. The van der Waals surface area contributed by atoms with E-state index in [0.29, 0.717) is 6.54 Å². The Kier molecular flexibility index (Phi) is 7.08. The molecular formula is C23H26N4O. The zero-order valence-electron chi connectivity index (χ0n) is 16.0. The minimum absolute atomic E-state index is 0.0631. The molecule has 1 aliphatic rings. The molecule has 0 radical (unpaired) electrons. The Morgan fingerprint density at radius 2 is 1.75 bits per heavy atom. The van der Waals surface area contributed by atoms with Crippen molar-refractivity contribution in [2.45, 2.75) is 25.7 Å². The van der Waals surface area contributed by atoms with Gasteiger partial charge in [-0.05, 0) is 55.5 Å². The van der Waals surface area contributed by atoms with Crippen LogP contribution in [0.4, 0.5) is 11.4 Å². The van der Waals surface area contributed by atoms with Crippen LogP contribution in [0.25, 0.3) is 0 Å². The third-order valence-corrected chi connectivity index (χ3v) is 4.88. The highest BCUT2D eigenvalue weighted by atomic mass is 16.1. The number of benzene rings is 2. The fourth-order valence-corrected chi connectivity index (χ4v) is 3.28. The Balaban J connectivity index is 1.50. The van der Waals surface area contributed by atoms with Crippen molar-refractivity contribution in [1.29, 1.82) is 5.26 Å². The molecule has 0 saturated carbocycles. The van der Waals surface area contributed by atoms with Gasteiger partial charge in [-0.15, -0.1) is 0 Å². The van der Waals surface area contributed by atoms with E-state index < -0.39 is 0 Å². The molecule has 1 heterocycles. The molecule has 2 aromatic rings. The van der Waals surface area contributed by atoms with Crippen LogP contribution in [0, 0.1) is 11.3 Å². The predicted octanol–water partition coefficient (Wildman–Crippen LogP) is 3.86. The second-order valence-electron chi connectivity index (χ2n) is 6.90. The first-order chi connectivity index (χ1) is 13.8. The summed E-state index contributed by atoms with van der Waals surface area (Å²) < 4.78 is 0. The standard InChI is InChI=1S/C23H26N4O/c24-17-20(23(28)25-14-13-19-7-3-1-4-8-19)18-26-21-9-11-22(12-10-21)27-15-5-2-6-16-27/h1,3-4,7-12,18,26H,2,5-6,13-16H2,(H,25,28)/b20-18-. The lowest BCUT2D eigenvalue weighted by Gasteiger charge is -2.28. The number of anilines is 2. The van der Waals surface area contributed by atoms with Gasteiger partial charge in [0.25, 0.3) is 5.91 Å². The summed E-state index contributed by atoms with van der Waals surface area (Å²) in [4.78, 5) is 14.6. The quantitative estimate of drug-likeness (QED) is 0.570. The lowest BCUT2D eigenvalue weighted by Crippen LogP contribution is -2.29. The molecule has 0 spiro atoms. The number of hydrogen-bond donors (Lipinski definition) is 2. The molecule has 144 valence electrons. The molecule has 0 aromatic heterocycles. The van der Waals surface area contributed by atoms with Gasteiger partial charge >= 0.3 is 0 Å². The Hall–Kier alpha value is -3.26. The number of rotatable bonds is 7. The van der Waals surface area contributed by atoms with Gasteiger partial charge in [0.2, 0.25) is 0 Å². The van der Waals surface area contributed by atoms with Crippen molar-refractivity contribution >= 4 is 17.3 Å². The summed E-state index contributed by atoms with van der Waals surface area (Å²) in [6.45, 7) is 2.70. The number of nitrogens with one attached hydrogen (secondary N) is 2. The zero-order chi connectivity index (χ0) is 19.6. The van der Waals surface area contributed by atoms with Gasteiger partial charge in [0.15, 0.2) is 0 Å². The van der Waals surface area contributed by atoms with Crippen LogP contribution in [0.5, 0.6) is 0 Å². The lowest BCUT2D eigenvalue weighted by atomic mass is 10.1. The van der Waals surface area contributed by atoms with Crippen LogP contribution in [-0.2, 0) is 11.2 Å². The molecule has 2 aromatic carbocycles. The highest BCUT2D eigenvalue weighted by Gasteiger charge is 2.11. The van der Waals surface area contributed by atoms with E-state index in [0.717, 1.165) is 30.8 Å². The second-order valence-corrected chi connectivity index (χ2v) is 6.90. The molecule has 2 N–H and O–H groups in total. The van der Waals surface area contributed by atoms with Gasteiger partial charge in [0.1, 0.15) is 11.6 Å². The summed E-state index contributed by atoms with van der Waals surface area (Å²) in [5.74, 6) is -0.365. The van der Waals surface area contributed by atoms with E-state index >= 15 is 0 Å². The number of hydrogen-bond acceptors (Lipinski definition) is 4. The van der Waals surface area contributed by atoms with Crippen molar-refractivity contribution in [3.63, 3.8) is 0 Å². The highest BCUT2D eigenvalue weighted by molar-refractivity contribution is 5.97. The fraction of sp³-hybridized carbons (Fsp3) is 0.304. The number of piperidine rings is 1. The molecule has 3 rings (SSSR count). The molecule has 28 heavy (non-hydrogen) atoms. The molecule has 5 heteroatoms. The van der Waals surface area contributed by atoms with Crippen molar-refractivity contribution in [1.82, 2.24) is 5.32 Å². The monoisotopic (exact) mass is 374 g/mol. The molecule has 1 fully saturated rings. The van der Waals surface area contributed by atoms with E-state index in [4.69, 9.17) is 0 Å². The van der Waals surface area contributed by atoms with Crippen LogP contribution in [0.3, 0.4) is 0 Å². The molecule has 0 aliphatic carbocycles. The van der Waals surface area contributed by atoms with Gasteiger partial charge < -0.3 is 15.5 Å². The Morgan fingerprint density at radius 3 is 2.43 bits per heavy atom. The van der Waals surface area contributed by atoms with Crippen molar-refractivity contribution in [3.05, 3.63) is 71.9 Å². The first-order valence-corrected chi connectivity index (χ1v) is 9.80. The lowest BCUT2D eigenvalue weighted by molar-refractivity contribution is -0.117. The van der Waals surface area contributed by atoms with Crippen molar-refractivity contribution in [2.75, 3.05) is 29.9 Å². The van der Waals surface area contributed by atoms with Crippen molar-refractivity contribution in [2.24, 2.45) is 0 Å². The summed E-state index contributed by atoms with van der Waals surface area (Å²) in [7, 11) is 0. The predicted molar refractivity (Wildman–Crippen MR) is 113 cm³/mol. The summed E-state index contributed by atoms with van der Waals surface area (Å²) in [5, 5.41) is 15.1. The van der Waals surface area contributed by atoms with Gasteiger partial charge in [-0.1, -0.05) is 30.3 Å². The van der Waals surface area contributed by atoms with E-state index in [-0.39, 0.29) is 11.5 Å². The number of carbonyl (C=O) groups excluding carboxylic acids is 1. The Labute approximate surface area is 166 Å². The zero-order valence-corrected chi connectivity index (χ0v) is 16.0. The first kappa shape index (κ1) is 19.5. The van der Waals surface area contributed by atoms with E-state index in [1.165, 1.54) is 31.1 Å². The van der Waals surface area contributed by atoms with Gasteiger partial charge in [0.05, 0.1) is 0 Å². The van der Waals surface area contributed by atoms with Crippen LogP contribution >= 0.6 is 0 Å². The molecule has 5 nitrogen and oxygen atoms in total. The topological polar surface area (TPSA) is 68.2 Å².